The van der Waals surface area contributed by atoms with Crippen LogP contribution in [0.4, 0.5) is 10.1 Å². The molecule has 0 bridgehead atoms. The van der Waals surface area contributed by atoms with Gasteiger partial charge in [0.1, 0.15) is 11.3 Å². The van der Waals surface area contributed by atoms with E-state index in [1.807, 2.05) is 19.1 Å². The Bertz CT molecular complexity index is 737. The first-order chi connectivity index (χ1) is 12.2. The average Bonchev–Trinajstić information content (AvgIpc) is 3.11. The number of hydrogen-bond donors (Lipinski definition) is 1. The minimum Gasteiger partial charge on any atom is -0.382 e. The summed E-state index contributed by atoms with van der Waals surface area (Å²) in [7, 11) is 0. The Kier molecular flexibility index (Phi) is 4.86. The van der Waals surface area contributed by atoms with Crippen LogP contribution in [0.5, 0.6) is 0 Å². The second kappa shape index (κ2) is 7.26. The second-order valence-corrected chi connectivity index (χ2v) is 7.40. The maximum Gasteiger partial charge on any atom is 0.149 e. The number of fused-ring (bicyclic) bond motifs is 1. The normalized spacial score (nSPS) is 22.6. The van der Waals surface area contributed by atoms with Gasteiger partial charge in [-0.1, -0.05) is 12.1 Å². The smallest absolute Gasteiger partial charge is 0.149 e. The van der Waals surface area contributed by atoms with Crippen LogP contribution in [0.2, 0.25) is 0 Å². The van der Waals surface area contributed by atoms with E-state index in [9.17, 15) is 4.39 Å². The molecule has 4 rings (SSSR count). The molecule has 2 fully saturated rings. The topological polar surface area (TPSA) is 37.4 Å². The molecule has 2 aromatic rings. The number of nitrogens with one attached hydrogen (secondary N) is 1. The van der Waals surface area contributed by atoms with Crippen molar-refractivity contribution in [2.45, 2.75) is 32.2 Å². The Labute approximate surface area is 148 Å². The number of pyridine rings is 1. The van der Waals surface area contributed by atoms with Gasteiger partial charge in [-0.3, -0.25) is 0 Å². The molecular formula is C20H26FN3O. The Morgan fingerprint density at radius 1 is 1.28 bits per heavy atom. The quantitative estimate of drug-likeness (QED) is 0.920. The highest BCUT2D eigenvalue weighted by Gasteiger charge is 2.24. The number of hydrogen-bond acceptors (Lipinski definition) is 4. The van der Waals surface area contributed by atoms with Gasteiger partial charge in [-0.25, -0.2) is 9.37 Å². The minimum atomic E-state index is -0.252. The van der Waals surface area contributed by atoms with Gasteiger partial charge >= 0.3 is 0 Å². The molecule has 0 saturated carbocycles. The predicted octanol–water partition coefficient (Wildman–Crippen LogP) is 3.60. The SMILES string of the molecule is Cc1cc(NC2CCN(CC3CCOC3)CC2)c2cccc(F)c2n1. The van der Waals surface area contributed by atoms with Crippen LogP contribution in [0.1, 0.15) is 25.0 Å². The number of benzene rings is 1. The largest absolute Gasteiger partial charge is 0.382 e. The van der Waals surface area contributed by atoms with E-state index in [4.69, 9.17) is 4.74 Å². The minimum absolute atomic E-state index is 0.252. The number of ether oxygens (including phenoxy) is 1. The fourth-order valence-electron chi connectivity index (χ4n) is 4.03. The van der Waals surface area contributed by atoms with Crippen molar-refractivity contribution >= 4 is 16.6 Å². The zero-order chi connectivity index (χ0) is 17.2. The summed E-state index contributed by atoms with van der Waals surface area (Å²) in [4.78, 5) is 6.93. The summed E-state index contributed by atoms with van der Waals surface area (Å²) in [5.74, 6) is 0.456. The number of para-hydroxylation sites is 1. The highest BCUT2D eigenvalue weighted by Crippen LogP contribution is 2.27. The summed E-state index contributed by atoms with van der Waals surface area (Å²) in [6, 6.07) is 7.65. The van der Waals surface area contributed by atoms with Crippen molar-refractivity contribution in [2.75, 3.05) is 38.2 Å². The number of likely N-dealkylation sites (tertiary alicyclic amines) is 1. The molecular weight excluding hydrogens is 317 g/mol. The van der Waals surface area contributed by atoms with E-state index in [0.29, 0.717) is 17.5 Å². The van der Waals surface area contributed by atoms with Crippen LogP contribution in [0.3, 0.4) is 0 Å². The highest BCUT2D eigenvalue weighted by atomic mass is 19.1. The average molecular weight is 343 g/mol. The van der Waals surface area contributed by atoms with E-state index in [1.165, 1.54) is 12.5 Å². The highest BCUT2D eigenvalue weighted by molar-refractivity contribution is 5.91. The van der Waals surface area contributed by atoms with Crippen molar-refractivity contribution in [1.82, 2.24) is 9.88 Å². The van der Waals surface area contributed by atoms with Gasteiger partial charge in [0.25, 0.3) is 0 Å². The number of piperidine rings is 1. The molecule has 5 heteroatoms. The zero-order valence-corrected chi connectivity index (χ0v) is 14.8. The molecule has 2 aliphatic heterocycles. The monoisotopic (exact) mass is 343 g/mol. The second-order valence-electron chi connectivity index (χ2n) is 7.40. The standard InChI is InChI=1S/C20H26FN3O/c1-14-11-19(17-3-2-4-18(21)20(17)22-14)23-16-5-8-24(9-6-16)12-15-7-10-25-13-15/h2-4,11,15-16H,5-10,12-13H2,1H3,(H,22,23). The molecule has 25 heavy (non-hydrogen) atoms. The Balaban J connectivity index is 1.41. The first-order valence-corrected chi connectivity index (χ1v) is 9.31. The number of nitrogens with zero attached hydrogens (tertiary/aromatic N) is 2. The summed E-state index contributed by atoms with van der Waals surface area (Å²) in [5, 5.41) is 4.52. The molecule has 0 spiro atoms. The first kappa shape index (κ1) is 16.7. The lowest BCUT2D eigenvalue weighted by atomic mass is 10.0. The van der Waals surface area contributed by atoms with Gasteiger partial charge in [0, 0.05) is 49.1 Å². The van der Waals surface area contributed by atoms with E-state index in [0.717, 1.165) is 62.5 Å². The zero-order valence-electron chi connectivity index (χ0n) is 14.8. The number of aromatic nitrogens is 1. The van der Waals surface area contributed by atoms with Crippen molar-refractivity contribution in [1.29, 1.82) is 0 Å². The van der Waals surface area contributed by atoms with Crippen molar-refractivity contribution in [3.63, 3.8) is 0 Å². The van der Waals surface area contributed by atoms with Crippen LogP contribution in [0.25, 0.3) is 10.9 Å². The Hall–Kier alpha value is -1.72. The van der Waals surface area contributed by atoms with Crippen LogP contribution in [0.15, 0.2) is 24.3 Å². The van der Waals surface area contributed by atoms with Gasteiger partial charge in [0.2, 0.25) is 0 Å². The molecule has 0 amide bonds. The molecule has 0 aliphatic carbocycles. The van der Waals surface area contributed by atoms with E-state index in [2.05, 4.69) is 15.2 Å². The first-order valence-electron chi connectivity index (χ1n) is 9.31. The van der Waals surface area contributed by atoms with Gasteiger partial charge in [-0.05, 0) is 44.2 Å². The van der Waals surface area contributed by atoms with Crippen molar-refractivity contribution < 1.29 is 9.13 Å². The Morgan fingerprint density at radius 3 is 2.88 bits per heavy atom. The van der Waals surface area contributed by atoms with E-state index >= 15 is 0 Å². The lowest BCUT2D eigenvalue weighted by Gasteiger charge is -2.34. The van der Waals surface area contributed by atoms with E-state index < -0.39 is 0 Å². The van der Waals surface area contributed by atoms with E-state index in [1.54, 1.807) is 6.07 Å². The van der Waals surface area contributed by atoms with Crippen LogP contribution in [-0.4, -0.2) is 48.8 Å². The molecule has 0 radical (unpaired) electrons. The number of anilines is 1. The molecule has 1 N–H and O–H groups in total. The summed E-state index contributed by atoms with van der Waals surface area (Å²) in [6.45, 7) is 7.16. The fraction of sp³-hybridized carbons (Fsp3) is 0.550. The van der Waals surface area contributed by atoms with Gasteiger partial charge in [0.05, 0.1) is 6.61 Å². The third-order valence-corrected chi connectivity index (χ3v) is 5.41. The van der Waals surface area contributed by atoms with Crippen LogP contribution < -0.4 is 5.32 Å². The molecule has 4 nitrogen and oxygen atoms in total. The van der Waals surface area contributed by atoms with Gasteiger partial charge in [0.15, 0.2) is 0 Å². The number of aryl methyl sites for hydroxylation is 1. The molecule has 3 heterocycles. The van der Waals surface area contributed by atoms with Gasteiger partial charge in [-0.15, -0.1) is 0 Å². The fourth-order valence-corrected chi connectivity index (χ4v) is 4.03. The van der Waals surface area contributed by atoms with Crippen LogP contribution >= 0.6 is 0 Å². The maximum absolute atomic E-state index is 14.1. The summed E-state index contributed by atoms with van der Waals surface area (Å²) >= 11 is 0. The molecule has 2 aliphatic rings. The lowest BCUT2D eigenvalue weighted by molar-refractivity contribution is 0.154. The van der Waals surface area contributed by atoms with Gasteiger partial charge < -0.3 is 15.0 Å². The van der Waals surface area contributed by atoms with Crippen LogP contribution in [0, 0.1) is 18.7 Å². The predicted molar refractivity (Wildman–Crippen MR) is 98.4 cm³/mol. The van der Waals surface area contributed by atoms with Crippen molar-refractivity contribution in [2.24, 2.45) is 5.92 Å². The van der Waals surface area contributed by atoms with Crippen molar-refractivity contribution in [3.05, 3.63) is 35.8 Å². The molecule has 2 saturated heterocycles. The third-order valence-electron chi connectivity index (χ3n) is 5.41. The summed E-state index contributed by atoms with van der Waals surface area (Å²) < 4.78 is 19.5. The maximum atomic E-state index is 14.1. The Morgan fingerprint density at radius 2 is 2.12 bits per heavy atom. The van der Waals surface area contributed by atoms with E-state index in [-0.39, 0.29) is 5.82 Å². The summed E-state index contributed by atoms with van der Waals surface area (Å²) in [6.07, 6.45) is 3.43. The summed E-state index contributed by atoms with van der Waals surface area (Å²) in [5.41, 5.74) is 2.31. The number of rotatable bonds is 4. The molecule has 1 aromatic carbocycles. The molecule has 1 unspecified atom stereocenters. The lowest BCUT2D eigenvalue weighted by Crippen LogP contribution is -2.41. The number of halogens is 1. The molecule has 1 aromatic heterocycles. The third kappa shape index (κ3) is 3.77. The van der Waals surface area contributed by atoms with Crippen molar-refractivity contribution in [3.8, 4) is 0 Å². The molecule has 1 atom stereocenters. The van der Waals surface area contributed by atoms with Crippen LogP contribution in [-0.2, 0) is 4.74 Å². The van der Waals surface area contributed by atoms with Gasteiger partial charge in [-0.2, -0.15) is 0 Å². The molecule has 134 valence electrons.